The average Bonchev–Trinajstić information content (AvgIpc) is 3.29. The molecule has 1 fully saturated rings. The Labute approximate surface area is 157 Å². The summed E-state index contributed by atoms with van der Waals surface area (Å²) >= 11 is 0. The zero-order chi connectivity index (χ0) is 18.4. The van der Waals surface area contributed by atoms with E-state index in [9.17, 15) is 9.90 Å². The number of fused-ring (bicyclic) bond motifs is 2. The Kier molecular flexibility index (Phi) is 4.16. The molecule has 1 amide bonds. The van der Waals surface area contributed by atoms with Crippen LogP contribution < -0.4 is 10.1 Å². The number of carbonyl (C=O) groups is 1. The molecule has 0 radical (unpaired) electrons. The van der Waals surface area contributed by atoms with E-state index in [1.165, 1.54) is 5.56 Å². The third-order valence-corrected chi connectivity index (χ3v) is 6.15. The van der Waals surface area contributed by atoms with E-state index in [4.69, 9.17) is 9.26 Å². The van der Waals surface area contributed by atoms with Crippen molar-refractivity contribution in [1.82, 2.24) is 10.5 Å². The monoisotopic (exact) mass is 368 g/mol. The van der Waals surface area contributed by atoms with Crippen LogP contribution in [0.25, 0.3) is 0 Å². The second kappa shape index (κ2) is 6.68. The molecule has 1 aromatic heterocycles. The lowest BCUT2D eigenvalue weighted by atomic mass is 9.74. The minimum Gasteiger partial charge on any atom is -0.493 e. The van der Waals surface area contributed by atoms with E-state index in [-0.39, 0.29) is 24.0 Å². The number of hydrogen-bond acceptors (Lipinski definition) is 5. The summed E-state index contributed by atoms with van der Waals surface area (Å²) in [6.07, 6.45) is 5.90. The maximum absolute atomic E-state index is 13.0. The molecule has 1 aliphatic heterocycles. The van der Waals surface area contributed by atoms with Crippen molar-refractivity contribution in [2.75, 3.05) is 6.61 Å². The lowest BCUT2D eigenvalue weighted by molar-refractivity contribution is 0.0234. The van der Waals surface area contributed by atoms with E-state index in [0.717, 1.165) is 54.7 Å². The number of ether oxygens (including phenoxy) is 1. The van der Waals surface area contributed by atoms with Crippen LogP contribution in [0.1, 0.15) is 64.7 Å². The second-order valence-electron chi connectivity index (χ2n) is 7.94. The Hall–Kier alpha value is -2.34. The van der Waals surface area contributed by atoms with Gasteiger partial charge in [0.1, 0.15) is 11.5 Å². The number of aliphatic hydroxyl groups is 1. The first-order chi connectivity index (χ1) is 13.2. The van der Waals surface area contributed by atoms with Gasteiger partial charge in [-0.15, -0.1) is 0 Å². The number of aryl methyl sites for hydroxylation is 1. The summed E-state index contributed by atoms with van der Waals surface area (Å²) in [5.41, 5.74) is 3.65. The second-order valence-corrected chi connectivity index (χ2v) is 7.94. The van der Waals surface area contributed by atoms with Crippen molar-refractivity contribution in [2.45, 2.75) is 57.1 Å². The molecule has 6 nitrogen and oxygen atoms in total. The van der Waals surface area contributed by atoms with E-state index < -0.39 is 0 Å². The van der Waals surface area contributed by atoms with Crippen molar-refractivity contribution in [2.24, 2.45) is 5.92 Å². The summed E-state index contributed by atoms with van der Waals surface area (Å²) in [4.78, 5) is 13.0. The van der Waals surface area contributed by atoms with Crippen molar-refractivity contribution in [3.05, 3.63) is 46.3 Å². The lowest BCUT2D eigenvalue weighted by Gasteiger charge is -2.38. The third-order valence-electron chi connectivity index (χ3n) is 6.15. The minimum absolute atomic E-state index is 0.136. The fourth-order valence-corrected chi connectivity index (χ4v) is 4.55. The van der Waals surface area contributed by atoms with Crippen LogP contribution in [0.3, 0.4) is 0 Å². The Bertz CT molecular complexity index is 869. The van der Waals surface area contributed by atoms with Crippen molar-refractivity contribution < 1.29 is 19.2 Å². The molecule has 1 aromatic carbocycles. The molecule has 0 unspecified atom stereocenters. The van der Waals surface area contributed by atoms with E-state index in [2.05, 4.69) is 16.5 Å². The number of rotatable bonds is 4. The molecule has 27 heavy (non-hydrogen) atoms. The summed E-state index contributed by atoms with van der Waals surface area (Å²) in [5.74, 6) is 1.84. The summed E-state index contributed by atoms with van der Waals surface area (Å²) in [5, 5.41) is 17.0. The van der Waals surface area contributed by atoms with Crippen LogP contribution in [0.4, 0.5) is 0 Å². The Morgan fingerprint density at radius 2 is 2.07 bits per heavy atom. The van der Waals surface area contributed by atoms with Gasteiger partial charge >= 0.3 is 0 Å². The van der Waals surface area contributed by atoms with Crippen LogP contribution in [-0.4, -0.2) is 28.9 Å². The summed E-state index contributed by atoms with van der Waals surface area (Å²) in [6, 6.07) is 6.01. The third kappa shape index (κ3) is 3.02. The molecule has 2 aromatic rings. The maximum atomic E-state index is 13.0. The summed E-state index contributed by atoms with van der Waals surface area (Å²) in [6.45, 7) is 0.711. The number of nitrogens with one attached hydrogen (secondary N) is 1. The van der Waals surface area contributed by atoms with Gasteiger partial charge in [0.15, 0.2) is 5.69 Å². The summed E-state index contributed by atoms with van der Waals surface area (Å²) < 4.78 is 11.0. The molecule has 5 rings (SSSR count). The van der Waals surface area contributed by atoms with Gasteiger partial charge in [0, 0.05) is 18.4 Å². The van der Waals surface area contributed by atoms with Crippen LogP contribution in [-0.2, 0) is 19.3 Å². The number of benzene rings is 1. The van der Waals surface area contributed by atoms with Gasteiger partial charge in [-0.2, -0.15) is 0 Å². The van der Waals surface area contributed by atoms with Gasteiger partial charge < -0.3 is 19.7 Å². The predicted octanol–water partition coefficient (Wildman–Crippen LogP) is 2.73. The lowest BCUT2D eigenvalue weighted by Crippen LogP contribution is -2.41. The SMILES string of the molecule is O=C(N[C@@H](c1ccc2c(c1)CCO2)C1CC(O)C1)c1noc2c1CCCC2. The van der Waals surface area contributed by atoms with E-state index >= 15 is 0 Å². The van der Waals surface area contributed by atoms with Gasteiger partial charge in [0.2, 0.25) is 0 Å². The molecule has 2 aliphatic carbocycles. The fourth-order valence-electron chi connectivity index (χ4n) is 4.55. The normalized spacial score (nSPS) is 24.3. The number of aliphatic hydroxyl groups excluding tert-OH is 1. The van der Waals surface area contributed by atoms with Crippen molar-refractivity contribution >= 4 is 5.91 Å². The molecule has 1 saturated carbocycles. The first-order valence-corrected chi connectivity index (χ1v) is 9.91. The molecule has 6 heteroatoms. The molecule has 2 heterocycles. The molecule has 1 atom stereocenters. The predicted molar refractivity (Wildman–Crippen MR) is 97.7 cm³/mol. The largest absolute Gasteiger partial charge is 0.493 e. The van der Waals surface area contributed by atoms with Gasteiger partial charge in [0.05, 0.1) is 18.8 Å². The zero-order valence-electron chi connectivity index (χ0n) is 15.2. The number of hydrogen-bond donors (Lipinski definition) is 2. The number of amides is 1. The van der Waals surface area contributed by atoms with Crippen molar-refractivity contribution in [1.29, 1.82) is 0 Å². The van der Waals surface area contributed by atoms with Gasteiger partial charge in [-0.25, -0.2) is 0 Å². The highest BCUT2D eigenvalue weighted by molar-refractivity contribution is 5.94. The van der Waals surface area contributed by atoms with E-state index in [1.807, 2.05) is 12.1 Å². The first kappa shape index (κ1) is 16.8. The zero-order valence-corrected chi connectivity index (χ0v) is 15.2. The molecule has 0 bridgehead atoms. The van der Waals surface area contributed by atoms with Gasteiger partial charge in [-0.3, -0.25) is 4.79 Å². The van der Waals surface area contributed by atoms with Crippen molar-refractivity contribution in [3.8, 4) is 5.75 Å². The van der Waals surface area contributed by atoms with Crippen LogP contribution in [0.2, 0.25) is 0 Å². The van der Waals surface area contributed by atoms with Crippen LogP contribution in [0.5, 0.6) is 5.75 Å². The Morgan fingerprint density at radius 1 is 1.22 bits per heavy atom. The van der Waals surface area contributed by atoms with Gasteiger partial charge in [0.25, 0.3) is 5.91 Å². The molecule has 0 saturated heterocycles. The highest BCUT2D eigenvalue weighted by Gasteiger charge is 2.37. The minimum atomic E-state index is -0.271. The van der Waals surface area contributed by atoms with E-state index in [0.29, 0.717) is 25.1 Å². The molecule has 2 N–H and O–H groups in total. The Morgan fingerprint density at radius 3 is 2.93 bits per heavy atom. The summed E-state index contributed by atoms with van der Waals surface area (Å²) in [7, 11) is 0. The number of aromatic nitrogens is 1. The number of carbonyl (C=O) groups excluding carboxylic acids is 1. The van der Waals surface area contributed by atoms with Gasteiger partial charge in [-0.05, 0) is 61.3 Å². The maximum Gasteiger partial charge on any atom is 0.274 e. The molecular formula is C21H24N2O4. The van der Waals surface area contributed by atoms with Crippen LogP contribution in [0.15, 0.2) is 22.7 Å². The molecular weight excluding hydrogens is 344 g/mol. The number of nitrogens with zero attached hydrogens (tertiary/aromatic N) is 1. The quantitative estimate of drug-likeness (QED) is 0.867. The highest BCUT2D eigenvalue weighted by Crippen LogP contribution is 2.40. The molecule has 3 aliphatic rings. The smallest absolute Gasteiger partial charge is 0.274 e. The Balaban J connectivity index is 1.41. The molecule has 0 spiro atoms. The van der Waals surface area contributed by atoms with Crippen LogP contribution >= 0.6 is 0 Å². The fraction of sp³-hybridized carbons (Fsp3) is 0.524. The van der Waals surface area contributed by atoms with Crippen LogP contribution in [0, 0.1) is 5.92 Å². The topological polar surface area (TPSA) is 84.6 Å². The van der Waals surface area contributed by atoms with Gasteiger partial charge in [-0.1, -0.05) is 11.2 Å². The van der Waals surface area contributed by atoms with Crippen molar-refractivity contribution in [3.63, 3.8) is 0 Å². The first-order valence-electron chi connectivity index (χ1n) is 9.91. The van der Waals surface area contributed by atoms with E-state index in [1.54, 1.807) is 0 Å². The molecule has 142 valence electrons. The standard InChI is InChI=1S/C21H24N2O4/c24-15-10-14(11-15)19(13-5-6-17-12(9-13)7-8-26-17)22-21(25)20-16-3-1-2-4-18(16)27-23-20/h5-6,9,14-15,19,24H,1-4,7-8,10-11H2,(H,22,25)/t14?,15?,19-/m0/s1. The average molecular weight is 368 g/mol. The highest BCUT2D eigenvalue weighted by atomic mass is 16.5.